The Kier molecular flexibility index (Phi) is 6.77. The van der Waals surface area contributed by atoms with Gasteiger partial charge in [-0.05, 0) is 60.9 Å². The summed E-state index contributed by atoms with van der Waals surface area (Å²) in [5, 5.41) is 16.8. The lowest BCUT2D eigenvalue weighted by molar-refractivity contribution is 0.602. The highest BCUT2D eigenvalue weighted by atomic mass is 35.5. The molecule has 12 heteroatoms. The predicted molar refractivity (Wildman–Crippen MR) is 158 cm³/mol. The number of benzene rings is 3. The molecule has 1 aliphatic carbocycles. The fraction of sp³-hybridized carbons (Fsp3) is 0.148. The molecule has 5 aromatic rings. The van der Waals surface area contributed by atoms with E-state index in [1.54, 1.807) is 42.5 Å². The first-order chi connectivity index (χ1) is 18.6. The molecule has 0 spiro atoms. The second kappa shape index (κ2) is 9.87. The van der Waals surface area contributed by atoms with E-state index in [1.165, 1.54) is 16.0 Å². The third-order valence-corrected chi connectivity index (χ3v) is 9.96. The summed E-state index contributed by atoms with van der Waals surface area (Å²) in [4.78, 5) is 0.0230. The summed E-state index contributed by atoms with van der Waals surface area (Å²) in [7, 11) is -3.81. The van der Waals surface area contributed by atoms with Crippen molar-refractivity contribution in [3.8, 4) is 27.6 Å². The molecule has 0 aliphatic heterocycles. The number of hydrogen-bond donors (Lipinski definition) is 0. The molecule has 0 amide bonds. The first-order valence-electron chi connectivity index (χ1n) is 11.7. The van der Waals surface area contributed by atoms with Crippen LogP contribution in [0, 0.1) is 0 Å². The lowest BCUT2D eigenvalue weighted by atomic mass is 9.97. The average Bonchev–Trinajstić information content (AvgIpc) is 3.35. The van der Waals surface area contributed by atoms with Crippen molar-refractivity contribution in [3.05, 3.63) is 97.4 Å². The number of sulfone groups is 1. The van der Waals surface area contributed by atoms with Crippen LogP contribution < -0.4 is 0 Å². The third-order valence-electron chi connectivity index (χ3n) is 6.65. The minimum absolute atomic E-state index is 0.0230. The standard InChI is InChI=1S/C27H18Cl4N4O2S2/c1-39(36,37)24-22(25-32-33-26(38-25)27(12-13-27)16-4-8-18(29)9-5-16)34-35(21-11-10-19(30)14-20(21)31)23(24)15-2-6-17(28)7-3-15/h2-11,14H,12-13H2,1H3. The van der Waals surface area contributed by atoms with Crippen LogP contribution in [0.25, 0.3) is 27.6 Å². The molecule has 0 radical (unpaired) electrons. The van der Waals surface area contributed by atoms with E-state index in [-0.39, 0.29) is 16.0 Å². The van der Waals surface area contributed by atoms with Gasteiger partial charge < -0.3 is 0 Å². The highest BCUT2D eigenvalue weighted by Gasteiger charge is 2.49. The van der Waals surface area contributed by atoms with Gasteiger partial charge in [-0.25, -0.2) is 13.1 Å². The molecule has 3 aromatic carbocycles. The van der Waals surface area contributed by atoms with Crippen LogP contribution in [0.1, 0.15) is 23.4 Å². The van der Waals surface area contributed by atoms with Gasteiger partial charge in [0.25, 0.3) is 0 Å². The van der Waals surface area contributed by atoms with E-state index in [0.29, 0.717) is 42.0 Å². The number of rotatable bonds is 6. The molecule has 1 saturated carbocycles. The molecule has 0 atom stereocenters. The van der Waals surface area contributed by atoms with Gasteiger partial charge in [-0.1, -0.05) is 82.0 Å². The maximum absolute atomic E-state index is 13.4. The molecule has 2 aromatic heterocycles. The number of hydrogen-bond acceptors (Lipinski definition) is 6. The predicted octanol–water partition coefficient (Wildman–Crippen LogP) is 8.15. The highest BCUT2D eigenvalue weighted by Crippen LogP contribution is 2.55. The molecule has 0 saturated heterocycles. The second-order valence-electron chi connectivity index (χ2n) is 9.31. The first kappa shape index (κ1) is 26.7. The molecule has 0 N–H and O–H groups in total. The van der Waals surface area contributed by atoms with Crippen molar-refractivity contribution < 1.29 is 8.42 Å². The SMILES string of the molecule is CS(=O)(=O)c1c(-c2nnc(C3(c4ccc(Cl)cc4)CC3)s2)nn(-c2ccc(Cl)cc2Cl)c1-c1ccc(Cl)cc1. The molecule has 1 aliphatic rings. The van der Waals surface area contributed by atoms with E-state index >= 15 is 0 Å². The van der Waals surface area contributed by atoms with Crippen LogP contribution in [0.2, 0.25) is 20.1 Å². The molecular formula is C27H18Cl4N4O2S2. The third kappa shape index (κ3) is 4.88. The Labute approximate surface area is 249 Å². The average molecular weight is 636 g/mol. The lowest BCUT2D eigenvalue weighted by Gasteiger charge is -2.11. The van der Waals surface area contributed by atoms with Crippen LogP contribution in [0.3, 0.4) is 0 Å². The van der Waals surface area contributed by atoms with Crippen LogP contribution in [-0.4, -0.2) is 34.7 Å². The molecule has 39 heavy (non-hydrogen) atoms. The Balaban J connectivity index is 1.58. The topological polar surface area (TPSA) is 77.7 Å². The Morgan fingerprint density at radius 2 is 1.46 bits per heavy atom. The Hall–Kier alpha value is -2.46. The summed E-state index contributed by atoms with van der Waals surface area (Å²) in [6, 6.07) is 19.5. The van der Waals surface area contributed by atoms with E-state index in [0.717, 1.165) is 29.7 Å². The number of halogens is 4. The summed E-state index contributed by atoms with van der Waals surface area (Å²) >= 11 is 26.3. The largest absolute Gasteiger partial charge is 0.229 e. The highest BCUT2D eigenvalue weighted by molar-refractivity contribution is 7.91. The normalized spacial score (nSPS) is 14.5. The summed E-state index contributed by atoms with van der Waals surface area (Å²) < 4.78 is 28.2. The van der Waals surface area contributed by atoms with Crippen molar-refractivity contribution in [2.24, 2.45) is 0 Å². The van der Waals surface area contributed by atoms with Crippen molar-refractivity contribution in [2.45, 2.75) is 23.2 Å². The quantitative estimate of drug-likeness (QED) is 0.188. The smallest absolute Gasteiger partial charge is 0.180 e. The molecule has 6 rings (SSSR count). The summed E-state index contributed by atoms with van der Waals surface area (Å²) in [5.41, 5.74) is 2.42. The Bertz CT molecular complexity index is 1830. The molecule has 0 bridgehead atoms. The van der Waals surface area contributed by atoms with E-state index in [4.69, 9.17) is 51.5 Å². The van der Waals surface area contributed by atoms with Gasteiger partial charge in [0.1, 0.15) is 15.6 Å². The van der Waals surface area contributed by atoms with Gasteiger partial charge in [-0.2, -0.15) is 5.10 Å². The van der Waals surface area contributed by atoms with E-state index < -0.39 is 9.84 Å². The first-order valence-corrected chi connectivity index (χ1v) is 15.9. The monoisotopic (exact) mass is 634 g/mol. The fourth-order valence-corrected chi connectivity index (χ4v) is 7.57. The van der Waals surface area contributed by atoms with Crippen molar-refractivity contribution in [3.63, 3.8) is 0 Å². The van der Waals surface area contributed by atoms with Crippen LogP contribution in [0.5, 0.6) is 0 Å². The van der Waals surface area contributed by atoms with E-state index in [2.05, 4.69) is 10.2 Å². The van der Waals surface area contributed by atoms with E-state index in [9.17, 15) is 8.42 Å². The van der Waals surface area contributed by atoms with Gasteiger partial charge in [-0.15, -0.1) is 10.2 Å². The fourth-order valence-electron chi connectivity index (χ4n) is 4.62. The zero-order chi connectivity index (χ0) is 27.5. The molecule has 1 fully saturated rings. The van der Waals surface area contributed by atoms with Crippen molar-refractivity contribution in [1.29, 1.82) is 0 Å². The molecule has 198 valence electrons. The summed E-state index contributed by atoms with van der Waals surface area (Å²) in [6.07, 6.45) is 2.97. The van der Waals surface area contributed by atoms with Crippen LogP contribution in [-0.2, 0) is 15.3 Å². The van der Waals surface area contributed by atoms with Gasteiger partial charge in [0.05, 0.1) is 16.4 Å². The van der Waals surface area contributed by atoms with Gasteiger partial charge >= 0.3 is 0 Å². The van der Waals surface area contributed by atoms with Crippen molar-refractivity contribution in [2.75, 3.05) is 6.26 Å². The summed E-state index contributed by atoms with van der Waals surface area (Å²) in [6.45, 7) is 0. The molecule has 0 unspecified atom stereocenters. The second-order valence-corrected chi connectivity index (χ2v) is 14.0. The van der Waals surface area contributed by atoms with Crippen LogP contribution >= 0.6 is 57.7 Å². The molecular weight excluding hydrogens is 618 g/mol. The minimum Gasteiger partial charge on any atom is -0.229 e. The van der Waals surface area contributed by atoms with E-state index in [1.807, 2.05) is 24.3 Å². The zero-order valence-electron chi connectivity index (χ0n) is 20.2. The van der Waals surface area contributed by atoms with Gasteiger partial charge in [-0.3, -0.25) is 0 Å². The maximum Gasteiger partial charge on any atom is 0.180 e. The molecule has 6 nitrogen and oxygen atoms in total. The maximum atomic E-state index is 13.4. The lowest BCUT2D eigenvalue weighted by Crippen LogP contribution is -2.07. The van der Waals surface area contributed by atoms with Crippen molar-refractivity contribution >= 4 is 67.6 Å². The van der Waals surface area contributed by atoms with Gasteiger partial charge in [0, 0.05) is 32.3 Å². The van der Waals surface area contributed by atoms with Gasteiger partial charge in [0.2, 0.25) is 0 Å². The zero-order valence-corrected chi connectivity index (χ0v) is 24.9. The number of nitrogens with zero attached hydrogens (tertiary/aromatic N) is 4. The minimum atomic E-state index is -3.81. The van der Waals surface area contributed by atoms with Crippen molar-refractivity contribution in [1.82, 2.24) is 20.0 Å². The van der Waals surface area contributed by atoms with Crippen LogP contribution in [0.15, 0.2) is 71.6 Å². The Morgan fingerprint density at radius 3 is 2.05 bits per heavy atom. The number of aromatic nitrogens is 4. The summed E-state index contributed by atoms with van der Waals surface area (Å²) in [5.74, 6) is 0. The molecule has 2 heterocycles. The van der Waals surface area contributed by atoms with Gasteiger partial charge in [0.15, 0.2) is 14.8 Å². The van der Waals surface area contributed by atoms with Crippen LogP contribution in [0.4, 0.5) is 0 Å². The Morgan fingerprint density at radius 1 is 0.846 bits per heavy atom.